The maximum absolute atomic E-state index is 10.2. The van der Waals surface area contributed by atoms with Gasteiger partial charge in [0.05, 0.1) is 0 Å². The summed E-state index contributed by atoms with van der Waals surface area (Å²) in [6, 6.07) is 0. The Bertz CT molecular complexity index is 147. The predicted molar refractivity (Wildman–Crippen MR) is 29.7 cm³/mol. The molecule has 2 atom stereocenters. The van der Waals surface area contributed by atoms with E-state index in [1.54, 1.807) is 0 Å². The summed E-state index contributed by atoms with van der Waals surface area (Å²) in [6.45, 7) is -0.122. The second-order valence-electron chi connectivity index (χ2n) is 2.43. The number of hydrogen-bond acceptors (Lipinski definition) is 3. The van der Waals surface area contributed by atoms with Gasteiger partial charge in [-0.2, -0.15) is 0 Å². The summed E-state index contributed by atoms with van der Waals surface area (Å²) in [5, 5.41) is 16.8. The molecule has 52 valence electrons. The number of aliphatic hydroxyl groups is 1. The minimum Gasteiger partial charge on any atom is -0.480 e. The van der Waals surface area contributed by atoms with Gasteiger partial charge in [-0.05, 0) is 6.42 Å². The van der Waals surface area contributed by atoms with Crippen LogP contribution < -0.4 is 5.73 Å². The van der Waals surface area contributed by atoms with Crippen LogP contribution in [0.15, 0.2) is 0 Å². The molecule has 1 rings (SSSR count). The molecule has 0 aromatic heterocycles. The standard InChI is InChI=1S/C5H9NO3/c6-5(4(8)9)1-3(5)2-7/h3,7H,1-2,6H2,(H,8,9)/t3?,5-/m1/s1. The maximum atomic E-state index is 10.2. The van der Waals surface area contributed by atoms with Gasteiger partial charge >= 0.3 is 5.97 Å². The number of carboxylic acid groups (broad SMARTS) is 1. The SMILES string of the molecule is N[C@]1(C(=O)O)CC1CO. The Morgan fingerprint density at radius 2 is 2.44 bits per heavy atom. The van der Waals surface area contributed by atoms with Crippen LogP contribution in [0.25, 0.3) is 0 Å². The van der Waals surface area contributed by atoms with Gasteiger partial charge in [0.25, 0.3) is 0 Å². The van der Waals surface area contributed by atoms with E-state index in [1.165, 1.54) is 0 Å². The molecule has 4 N–H and O–H groups in total. The molecule has 1 fully saturated rings. The van der Waals surface area contributed by atoms with Gasteiger partial charge in [0.2, 0.25) is 0 Å². The van der Waals surface area contributed by atoms with Gasteiger partial charge in [0.1, 0.15) is 5.54 Å². The van der Waals surface area contributed by atoms with E-state index in [2.05, 4.69) is 0 Å². The highest BCUT2D eigenvalue weighted by atomic mass is 16.4. The maximum Gasteiger partial charge on any atom is 0.324 e. The molecule has 1 unspecified atom stereocenters. The Labute approximate surface area is 52.3 Å². The quantitative estimate of drug-likeness (QED) is 0.438. The Kier molecular flexibility index (Phi) is 1.22. The van der Waals surface area contributed by atoms with Crippen LogP contribution in [-0.4, -0.2) is 28.3 Å². The molecule has 1 aliphatic rings. The summed E-state index contributed by atoms with van der Waals surface area (Å²) in [7, 11) is 0. The van der Waals surface area contributed by atoms with Crippen LogP contribution in [0.5, 0.6) is 0 Å². The lowest BCUT2D eigenvalue weighted by molar-refractivity contribution is -0.140. The van der Waals surface area contributed by atoms with Crippen molar-refractivity contribution in [1.29, 1.82) is 0 Å². The van der Waals surface area contributed by atoms with E-state index in [1.807, 2.05) is 0 Å². The third-order valence-corrected chi connectivity index (χ3v) is 1.77. The highest BCUT2D eigenvalue weighted by molar-refractivity contribution is 5.82. The molecule has 0 spiro atoms. The molecular formula is C5H9NO3. The summed E-state index contributed by atoms with van der Waals surface area (Å²) in [6.07, 6.45) is 0.402. The number of aliphatic hydroxyl groups excluding tert-OH is 1. The first-order chi connectivity index (χ1) is 4.11. The fourth-order valence-electron chi connectivity index (χ4n) is 0.838. The normalized spacial score (nSPS) is 40.4. The van der Waals surface area contributed by atoms with Crippen molar-refractivity contribution in [3.8, 4) is 0 Å². The van der Waals surface area contributed by atoms with E-state index >= 15 is 0 Å². The van der Waals surface area contributed by atoms with Crippen LogP contribution in [0.2, 0.25) is 0 Å². The number of carbonyl (C=O) groups is 1. The number of nitrogens with two attached hydrogens (primary N) is 1. The van der Waals surface area contributed by atoms with Gasteiger partial charge in [-0.1, -0.05) is 0 Å². The molecule has 4 nitrogen and oxygen atoms in total. The molecule has 0 aliphatic heterocycles. The minimum absolute atomic E-state index is 0.122. The fraction of sp³-hybridized carbons (Fsp3) is 0.800. The molecule has 0 radical (unpaired) electrons. The Morgan fingerprint density at radius 3 is 2.56 bits per heavy atom. The highest BCUT2D eigenvalue weighted by Gasteiger charge is 2.57. The van der Waals surface area contributed by atoms with Crippen molar-refractivity contribution < 1.29 is 15.0 Å². The van der Waals surface area contributed by atoms with E-state index in [0.717, 1.165) is 0 Å². The molecule has 0 heterocycles. The van der Waals surface area contributed by atoms with Crippen molar-refractivity contribution in [3.63, 3.8) is 0 Å². The Hall–Kier alpha value is -0.610. The average Bonchev–Trinajstić information content (AvgIpc) is 2.44. The number of rotatable bonds is 2. The van der Waals surface area contributed by atoms with Crippen molar-refractivity contribution in [2.45, 2.75) is 12.0 Å². The van der Waals surface area contributed by atoms with Gasteiger partial charge in [0, 0.05) is 12.5 Å². The molecule has 0 aromatic rings. The average molecular weight is 131 g/mol. The molecule has 0 aromatic carbocycles. The van der Waals surface area contributed by atoms with Crippen molar-refractivity contribution in [3.05, 3.63) is 0 Å². The molecule has 9 heavy (non-hydrogen) atoms. The molecule has 4 heteroatoms. The van der Waals surface area contributed by atoms with Crippen LogP contribution >= 0.6 is 0 Å². The monoisotopic (exact) mass is 131 g/mol. The summed E-state index contributed by atoms with van der Waals surface area (Å²) in [4.78, 5) is 10.2. The number of hydrogen-bond donors (Lipinski definition) is 3. The molecule has 0 bridgehead atoms. The van der Waals surface area contributed by atoms with Gasteiger partial charge < -0.3 is 15.9 Å². The largest absolute Gasteiger partial charge is 0.480 e. The van der Waals surface area contributed by atoms with Crippen LogP contribution in [0.3, 0.4) is 0 Å². The number of carboxylic acids is 1. The first-order valence-electron chi connectivity index (χ1n) is 2.74. The first kappa shape index (κ1) is 6.51. The predicted octanol–water partition coefficient (Wildman–Crippen LogP) is -1.22. The van der Waals surface area contributed by atoms with Crippen molar-refractivity contribution >= 4 is 5.97 Å². The van der Waals surface area contributed by atoms with Gasteiger partial charge in [-0.3, -0.25) is 4.79 Å². The van der Waals surface area contributed by atoms with Crippen molar-refractivity contribution in [2.24, 2.45) is 11.7 Å². The van der Waals surface area contributed by atoms with E-state index in [4.69, 9.17) is 15.9 Å². The van der Waals surface area contributed by atoms with E-state index in [9.17, 15) is 4.79 Å². The van der Waals surface area contributed by atoms with Crippen LogP contribution in [-0.2, 0) is 4.79 Å². The van der Waals surface area contributed by atoms with Crippen molar-refractivity contribution in [1.82, 2.24) is 0 Å². The lowest BCUT2D eigenvalue weighted by Crippen LogP contribution is -2.35. The Morgan fingerprint density at radius 1 is 1.89 bits per heavy atom. The van der Waals surface area contributed by atoms with E-state index in [-0.39, 0.29) is 12.5 Å². The zero-order valence-electron chi connectivity index (χ0n) is 4.87. The third kappa shape index (κ3) is 0.799. The molecular weight excluding hydrogens is 122 g/mol. The summed E-state index contributed by atoms with van der Waals surface area (Å²) >= 11 is 0. The minimum atomic E-state index is -1.12. The molecule has 1 saturated carbocycles. The van der Waals surface area contributed by atoms with E-state index in [0.29, 0.717) is 6.42 Å². The first-order valence-corrected chi connectivity index (χ1v) is 2.74. The summed E-state index contributed by atoms with van der Waals surface area (Å²) in [5.74, 6) is -1.24. The Balaban J connectivity index is 2.52. The topological polar surface area (TPSA) is 83.6 Å². The molecule has 1 aliphatic carbocycles. The van der Waals surface area contributed by atoms with Crippen molar-refractivity contribution in [2.75, 3.05) is 6.61 Å². The summed E-state index contributed by atoms with van der Waals surface area (Å²) in [5.41, 5.74) is 4.17. The highest BCUT2D eigenvalue weighted by Crippen LogP contribution is 2.40. The van der Waals surface area contributed by atoms with Crippen LogP contribution in [0.4, 0.5) is 0 Å². The molecule has 0 saturated heterocycles. The second kappa shape index (κ2) is 1.68. The second-order valence-corrected chi connectivity index (χ2v) is 2.43. The van der Waals surface area contributed by atoms with Crippen LogP contribution in [0, 0.1) is 5.92 Å². The van der Waals surface area contributed by atoms with E-state index < -0.39 is 11.5 Å². The molecule has 0 amide bonds. The summed E-state index contributed by atoms with van der Waals surface area (Å²) < 4.78 is 0. The zero-order valence-corrected chi connectivity index (χ0v) is 4.87. The van der Waals surface area contributed by atoms with Gasteiger partial charge in [-0.25, -0.2) is 0 Å². The van der Waals surface area contributed by atoms with Gasteiger partial charge in [0.15, 0.2) is 0 Å². The smallest absolute Gasteiger partial charge is 0.324 e. The van der Waals surface area contributed by atoms with Crippen LogP contribution in [0.1, 0.15) is 6.42 Å². The lowest BCUT2D eigenvalue weighted by Gasteiger charge is -2.00. The lowest BCUT2D eigenvalue weighted by atomic mass is 10.2. The third-order valence-electron chi connectivity index (χ3n) is 1.77. The zero-order chi connectivity index (χ0) is 7.07. The van der Waals surface area contributed by atoms with Gasteiger partial charge in [-0.15, -0.1) is 0 Å². The number of aliphatic carboxylic acids is 1. The fourth-order valence-corrected chi connectivity index (χ4v) is 0.838.